The lowest BCUT2D eigenvalue weighted by molar-refractivity contribution is -0.145. The van der Waals surface area contributed by atoms with Crippen molar-refractivity contribution in [3.05, 3.63) is 53.3 Å². The lowest BCUT2D eigenvalue weighted by Gasteiger charge is -2.28. The number of pyridine rings is 1. The predicted octanol–water partition coefficient (Wildman–Crippen LogP) is 2.91. The highest BCUT2D eigenvalue weighted by Crippen LogP contribution is 2.34. The molecule has 0 amide bonds. The molecular formula is C19H17ClN2O5S. The maximum atomic E-state index is 13.2. The molecule has 146 valence electrons. The number of hydrogen-bond acceptors (Lipinski definition) is 6. The van der Waals surface area contributed by atoms with Gasteiger partial charge in [0.25, 0.3) is 10.0 Å². The molecule has 0 atom stereocenters. The molecule has 1 fully saturated rings. The van der Waals surface area contributed by atoms with Crippen LogP contribution in [0.1, 0.15) is 18.4 Å². The number of carbonyl (C=O) groups is 1. The van der Waals surface area contributed by atoms with E-state index < -0.39 is 28.0 Å². The Kier molecular flexibility index (Phi) is 4.65. The van der Waals surface area contributed by atoms with Gasteiger partial charge in [0.05, 0.1) is 28.6 Å². The van der Waals surface area contributed by atoms with Crippen molar-refractivity contribution in [3.63, 3.8) is 0 Å². The number of rotatable bonds is 4. The Bertz CT molecular complexity index is 1180. The highest BCUT2D eigenvalue weighted by molar-refractivity contribution is 7.90. The van der Waals surface area contributed by atoms with Gasteiger partial charge in [0.2, 0.25) is 0 Å². The zero-order chi connectivity index (χ0) is 20.1. The topological polar surface area (TPSA) is 98.5 Å². The highest BCUT2D eigenvalue weighted by atomic mass is 35.5. The quantitative estimate of drug-likeness (QED) is 0.651. The minimum absolute atomic E-state index is 0.0673. The summed E-state index contributed by atoms with van der Waals surface area (Å²) in [5, 5.41) is 9.86. The summed E-state index contributed by atoms with van der Waals surface area (Å²) >= 11 is 6.17. The molecule has 9 heteroatoms. The summed E-state index contributed by atoms with van der Waals surface area (Å²) in [6, 6.07) is 7.91. The Morgan fingerprint density at radius 1 is 1.32 bits per heavy atom. The first-order chi connectivity index (χ1) is 13.3. The normalized spacial score (nSPS) is 19.4. The summed E-state index contributed by atoms with van der Waals surface area (Å²) in [5.41, 5.74) is 0.965. The van der Waals surface area contributed by atoms with E-state index in [2.05, 4.69) is 4.98 Å². The van der Waals surface area contributed by atoms with Gasteiger partial charge < -0.3 is 9.84 Å². The van der Waals surface area contributed by atoms with Crippen molar-refractivity contribution in [2.75, 3.05) is 0 Å². The van der Waals surface area contributed by atoms with Crippen molar-refractivity contribution in [3.8, 4) is 5.75 Å². The van der Waals surface area contributed by atoms with Crippen LogP contribution in [0.3, 0.4) is 0 Å². The van der Waals surface area contributed by atoms with Crippen LogP contribution >= 0.6 is 11.6 Å². The van der Waals surface area contributed by atoms with Gasteiger partial charge >= 0.3 is 5.97 Å². The second-order valence-electron chi connectivity index (χ2n) is 6.85. The van der Waals surface area contributed by atoms with Gasteiger partial charge in [-0.3, -0.25) is 4.79 Å². The number of aliphatic hydroxyl groups excluding tert-OH is 1. The molecule has 1 aliphatic carbocycles. The Balaban J connectivity index is 1.78. The minimum atomic E-state index is -4.06. The molecular weight excluding hydrogens is 404 g/mol. The number of esters is 1. The van der Waals surface area contributed by atoms with Crippen molar-refractivity contribution in [1.29, 1.82) is 0 Å². The fourth-order valence-electron chi connectivity index (χ4n) is 3.16. The summed E-state index contributed by atoms with van der Waals surface area (Å²) in [7, 11) is -4.06. The molecule has 1 saturated carbocycles. The highest BCUT2D eigenvalue weighted by Gasteiger charge is 2.35. The Morgan fingerprint density at radius 2 is 2.07 bits per heavy atom. The molecule has 1 aromatic carbocycles. The van der Waals surface area contributed by atoms with E-state index in [0.29, 0.717) is 18.2 Å². The number of nitrogens with zero attached hydrogens (tertiary/aromatic N) is 2. The van der Waals surface area contributed by atoms with Crippen LogP contribution in [0.5, 0.6) is 5.75 Å². The molecule has 0 radical (unpaired) electrons. The van der Waals surface area contributed by atoms with Crippen LogP contribution in [0.25, 0.3) is 11.0 Å². The fraction of sp³-hybridized carbons (Fsp3) is 0.263. The monoisotopic (exact) mass is 420 g/mol. The molecule has 2 heterocycles. The van der Waals surface area contributed by atoms with Crippen molar-refractivity contribution in [1.82, 2.24) is 8.96 Å². The molecule has 28 heavy (non-hydrogen) atoms. The molecule has 4 rings (SSSR count). The molecule has 0 aliphatic heterocycles. The second-order valence-corrected chi connectivity index (χ2v) is 9.04. The van der Waals surface area contributed by atoms with Crippen molar-refractivity contribution < 1.29 is 23.1 Å². The van der Waals surface area contributed by atoms with Gasteiger partial charge in [-0.05, 0) is 49.6 Å². The number of hydrogen-bond donors (Lipinski definition) is 1. The van der Waals surface area contributed by atoms with Crippen molar-refractivity contribution >= 4 is 38.6 Å². The summed E-state index contributed by atoms with van der Waals surface area (Å²) in [6.45, 7) is 1.81. The number of fused-ring (bicyclic) bond motifs is 1. The van der Waals surface area contributed by atoms with Crippen LogP contribution in [-0.4, -0.2) is 34.6 Å². The molecule has 0 unspecified atom stereocenters. The zero-order valence-electron chi connectivity index (χ0n) is 14.9. The smallest absolute Gasteiger partial charge is 0.314 e. The van der Waals surface area contributed by atoms with E-state index in [1.54, 1.807) is 24.3 Å². The lowest BCUT2D eigenvalue weighted by atomic mass is 9.83. The molecule has 3 aromatic rings. The van der Waals surface area contributed by atoms with Gasteiger partial charge in [0, 0.05) is 6.20 Å². The van der Waals surface area contributed by atoms with E-state index in [1.807, 2.05) is 6.92 Å². The third-order valence-corrected chi connectivity index (χ3v) is 6.91. The number of carbonyl (C=O) groups excluding carboxylic acids is 1. The number of halogens is 1. The van der Waals surface area contributed by atoms with Gasteiger partial charge in [-0.2, -0.15) is 0 Å². The SMILES string of the molecule is Cc1ccc(S(=O)(=O)n2cc(OC(=O)C3CC(O)C3)c3cccnc32)c(Cl)c1. The predicted molar refractivity (Wildman–Crippen MR) is 103 cm³/mol. The summed E-state index contributed by atoms with van der Waals surface area (Å²) < 4.78 is 32.8. The Labute approximate surface area is 166 Å². The fourth-order valence-corrected chi connectivity index (χ4v) is 5.05. The summed E-state index contributed by atoms with van der Waals surface area (Å²) in [6.07, 6.45) is 2.87. The standard InChI is InChI=1S/C19H17ClN2O5S/c1-11-4-5-17(15(20)7-11)28(25,26)22-10-16(14-3-2-6-21-18(14)22)27-19(24)12-8-13(23)9-12/h2-7,10,12-13,23H,8-9H2,1H3. The summed E-state index contributed by atoms with van der Waals surface area (Å²) in [4.78, 5) is 16.4. The van der Waals surface area contributed by atoms with E-state index in [4.69, 9.17) is 16.3 Å². The molecule has 7 nitrogen and oxygen atoms in total. The van der Waals surface area contributed by atoms with Crippen molar-refractivity contribution in [2.45, 2.75) is 30.8 Å². The number of aromatic nitrogens is 2. The van der Waals surface area contributed by atoms with Crippen LogP contribution in [0, 0.1) is 12.8 Å². The molecule has 2 aromatic heterocycles. The maximum absolute atomic E-state index is 13.2. The van der Waals surface area contributed by atoms with Gasteiger partial charge in [0.15, 0.2) is 11.4 Å². The lowest BCUT2D eigenvalue weighted by Crippen LogP contribution is -2.36. The van der Waals surface area contributed by atoms with Crippen LogP contribution in [0.4, 0.5) is 0 Å². The number of aryl methyl sites for hydroxylation is 1. The van der Waals surface area contributed by atoms with Crippen LogP contribution in [0.15, 0.2) is 47.6 Å². The van der Waals surface area contributed by atoms with E-state index in [0.717, 1.165) is 9.54 Å². The number of benzene rings is 1. The van der Waals surface area contributed by atoms with E-state index in [9.17, 15) is 18.3 Å². The third kappa shape index (κ3) is 3.17. The second kappa shape index (κ2) is 6.88. The minimum Gasteiger partial charge on any atom is -0.424 e. The average Bonchev–Trinajstić information content (AvgIpc) is 2.98. The molecule has 0 spiro atoms. The van der Waals surface area contributed by atoms with Crippen LogP contribution < -0.4 is 4.74 Å². The van der Waals surface area contributed by atoms with Crippen molar-refractivity contribution in [2.24, 2.45) is 5.92 Å². The van der Waals surface area contributed by atoms with Crippen LogP contribution in [0.2, 0.25) is 5.02 Å². The Morgan fingerprint density at radius 3 is 2.75 bits per heavy atom. The van der Waals surface area contributed by atoms with Gasteiger partial charge in [-0.25, -0.2) is 17.4 Å². The Hall–Kier alpha value is -2.42. The molecule has 1 N–H and O–H groups in total. The zero-order valence-corrected chi connectivity index (χ0v) is 16.4. The largest absolute Gasteiger partial charge is 0.424 e. The maximum Gasteiger partial charge on any atom is 0.314 e. The first-order valence-electron chi connectivity index (χ1n) is 8.65. The first kappa shape index (κ1) is 18.9. The van der Waals surface area contributed by atoms with E-state index in [-0.39, 0.29) is 21.3 Å². The number of aliphatic hydroxyl groups is 1. The molecule has 1 aliphatic rings. The first-order valence-corrected chi connectivity index (χ1v) is 10.5. The molecule has 0 saturated heterocycles. The molecule has 0 bridgehead atoms. The van der Waals surface area contributed by atoms with Crippen LogP contribution in [-0.2, 0) is 14.8 Å². The van der Waals surface area contributed by atoms with Gasteiger partial charge in [-0.15, -0.1) is 0 Å². The van der Waals surface area contributed by atoms with Gasteiger partial charge in [-0.1, -0.05) is 17.7 Å². The third-order valence-electron chi connectivity index (χ3n) is 4.78. The van der Waals surface area contributed by atoms with E-state index >= 15 is 0 Å². The van der Waals surface area contributed by atoms with Gasteiger partial charge in [0.1, 0.15) is 4.90 Å². The summed E-state index contributed by atoms with van der Waals surface area (Å²) in [5.74, 6) is -0.798. The number of ether oxygens (including phenoxy) is 1. The average molecular weight is 421 g/mol. The van der Waals surface area contributed by atoms with E-state index in [1.165, 1.54) is 18.5 Å².